The van der Waals surface area contributed by atoms with E-state index in [0.717, 1.165) is 24.3 Å². The standard InChI is InChI=1S/C29H33ClNO5/c1-31(18-25(32)20-7-9-22(30)10-8-20)13-12-21-16-28(35-4)29(36-5)17-23(21)24(31)14-19-6-11-26(33-2)27(15-19)34-3/h6-11,15-17,24H,12-14,18H2,1-5H3/q+1/t24-,31-/m0/s1. The van der Waals surface area contributed by atoms with Gasteiger partial charge in [0.2, 0.25) is 5.78 Å². The van der Waals surface area contributed by atoms with Crippen molar-refractivity contribution in [2.75, 3.05) is 48.6 Å². The zero-order valence-electron chi connectivity index (χ0n) is 21.5. The summed E-state index contributed by atoms with van der Waals surface area (Å²) in [5.74, 6) is 2.87. The van der Waals surface area contributed by atoms with Crippen molar-refractivity contribution in [3.63, 3.8) is 0 Å². The molecule has 0 aliphatic carbocycles. The molecule has 1 heterocycles. The summed E-state index contributed by atoms with van der Waals surface area (Å²) in [5, 5.41) is 0.617. The minimum Gasteiger partial charge on any atom is -0.493 e. The Labute approximate surface area is 217 Å². The van der Waals surface area contributed by atoms with E-state index < -0.39 is 0 Å². The zero-order chi connectivity index (χ0) is 25.9. The lowest BCUT2D eigenvalue weighted by molar-refractivity contribution is -0.933. The lowest BCUT2D eigenvalue weighted by Gasteiger charge is -2.45. The molecule has 3 aromatic carbocycles. The largest absolute Gasteiger partial charge is 0.493 e. The van der Waals surface area contributed by atoms with Crippen LogP contribution < -0.4 is 18.9 Å². The van der Waals surface area contributed by atoms with Crippen molar-refractivity contribution in [3.05, 3.63) is 81.9 Å². The molecular weight excluding hydrogens is 478 g/mol. The summed E-state index contributed by atoms with van der Waals surface area (Å²) < 4.78 is 22.8. The van der Waals surface area contributed by atoms with E-state index >= 15 is 0 Å². The molecule has 0 fully saturated rings. The lowest BCUT2D eigenvalue weighted by Crippen LogP contribution is -2.54. The van der Waals surface area contributed by atoms with Crippen LogP contribution in [0.4, 0.5) is 0 Å². The van der Waals surface area contributed by atoms with Gasteiger partial charge in [0.25, 0.3) is 0 Å². The number of Topliss-reactive ketones (excluding diaryl/α,β-unsaturated/α-hetero) is 1. The molecule has 0 radical (unpaired) electrons. The maximum Gasteiger partial charge on any atom is 0.216 e. The Balaban J connectivity index is 1.76. The summed E-state index contributed by atoms with van der Waals surface area (Å²) >= 11 is 6.05. The molecule has 7 heteroatoms. The molecule has 36 heavy (non-hydrogen) atoms. The molecule has 0 saturated carbocycles. The quantitative estimate of drug-likeness (QED) is 0.279. The first-order chi connectivity index (χ1) is 17.3. The lowest BCUT2D eigenvalue weighted by atomic mass is 9.85. The highest BCUT2D eigenvalue weighted by molar-refractivity contribution is 6.30. The molecule has 0 N–H and O–H groups in total. The second kappa shape index (κ2) is 10.8. The van der Waals surface area contributed by atoms with Gasteiger partial charge in [-0.3, -0.25) is 4.79 Å². The Hall–Kier alpha value is -3.22. The minimum absolute atomic E-state index is 0.0166. The van der Waals surface area contributed by atoms with Crippen molar-refractivity contribution < 1.29 is 28.2 Å². The van der Waals surface area contributed by atoms with Crippen molar-refractivity contribution in [1.82, 2.24) is 0 Å². The summed E-state index contributed by atoms with van der Waals surface area (Å²) in [7, 11) is 8.73. The Morgan fingerprint density at radius 2 is 1.47 bits per heavy atom. The second-order valence-electron chi connectivity index (χ2n) is 9.36. The summed E-state index contributed by atoms with van der Waals surface area (Å²) in [6, 6.07) is 17.3. The molecular formula is C29H33ClNO5+. The molecule has 1 aliphatic heterocycles. The summed E-state index contributed by atoms with van der Waals surface area (Å²) in [6.07, 6.45) is 1.55. The van der Waals surface area contributed by atoms with Crippen LogP contribution in [-0.4, -0.2) is 58.8 Å². The molecule has 0 amide bonds. The predicted octanol–water partition coefficient (Wildman–Crippen LogP) is 5.54. The van der Waals surface area contributed by atoms with Crippen LogP contribution in [0.2, 0.25) is 5.02 Å². The fourth-order valence-electron chi connectivity index (χ4n) is 5.14. The van der Waals surface area contributed by atoms with Crippen molar-refractivity contribution in [3.8, 4) is 23.0 Å². The number of hydrogen-bond donors (Lipinski definition) is 0. The Kier molecular flexibility index (Phi) is 7.76. The highest BCUT2D eigenvalue weighted by Gasteiger charge is 2.41. The van der Waals surface area contributed by atoms with Crippen molar-refractivity contribution in [1.29, 1.82) is 0 Å². The van der Waals surface area contributed by atoms with Gasteiger partial charge in [-0.2, -0.15) is 0 Å². The summed E-state index contributed by atoms with van der Waals surface area (Å²) in [6.45, 7) is 1.19. The van der Waals surface area contributed by atoms with E-state index in [2.05, 4.69) is 25.2 Å². The fraction of sp³-hybridized carbons (Fsp3) is 0.345. The number of halogens is 1. The third kappa shape index (κ3) is 5.15. The number of methoxy groups -OCH3 is 4. The number of benzene rings is 3. The number of ether oxygens (including phenoxy) is 4. The fourth-order valence-corrected chi connectivity index (χ4v) is 5.26. The van der Waals surface area contributed by atoms with Gasteiger partial charge in [0.15, 0.2) is 23.0 Å². The maximum absolute atomic E-state index is 13.4. The normalized spacial score (nSPS) is 18.8. The third-order valence-corrected chi connectivity index (χ3v) is 7.45. The van der Waals surface area contributed by atoms with Crippen molar-refractivity contribution >= 4 is 17.4 Å². The number of carbonyl (C=O) groups excluding carboxylic acids is 1. The van der Waals surface area contributed by atoms with Gasteiger partial charge in [-0.05, 0) is 59.7 Å². The van der Waals surface area contributed by atoms with Gasteiger partial charge in [0.1, 0.15) is 12.6 Å². The molecule has 0 bridgehead atoms. The highest BCUT2D eigenvalue weighted by Crippen LogP contribution is 2.43. The van der Waals surface area contributed by atoms with Crippen LogP contribution in [0.3, 0.4) is 0 Å². The number of hydrogen-bond acceptors (Lipinski definition) is 5. The van der Waals surface area contributed by atoms with Crippen LogP contribution in [0, 0.1) is 0 Å². The van der Waals surface area contributed by atoms with Gasteiger partial charge in [-0.15, -0.1) is 0 Å². The molecule has 0 aromatic heterocycles. The van der Waals surface area contributed by atoms with Crippen LogP contribution in [0.5, 0.6) is 23.0 Å². The van der Waals surface area contributed by atoms with Gasteiger partial charge in [-0.1, -0.05) is 17.7 Å². The van der Waals surface area contributed by atoms with Gasteiger partial charge >= 0.3 is 0 Å². The van der Waals surface area contributed by atoms with E-state index in [-0.39, 0.29) is 11.8 Å². The van der Waals surface area contributed by atoms with Crippen molar-refractivity contribution in [2.24, 2.45) is 0 Å². The van der Waals surface area contributed by atoms with Crippen LogP contribution in [-0.2, 0) is 12.8 Å². The van der Waals surface area contributed by atoms with Gasteiger partial charge in [-0.25, -0.2) is 0 Å². The first-order valence-electron chi connectivity index (χ1n) is 11.9. The zero-order valence-corrected chi connectivity index (χ0v) is 22.2. The van der Waals surface area contributed by atoms with E-state index in [1.807, 2.05) is 12.1 Å². The highest BCUT2D eigenvalue weighted by atomic mass is 35.5. The number of quaternary nitrogens is 1. The SMILES string of the molecule is COc1ccc(C[C@H]2c3cc(OC)c(OC)cc3CC[N@@+]2(C)CC(=O)c2ccc(Cl)cc2)cc1OC. The first-order valence-corrected chi connectivity index (χ1v) is 12.3. The smallest absolute Gasteiger partial charge is 0.216 e. The molecule has 0 spiro atoms. The van der Waals surface area contributed by atoms with Crippen LogP contribution >= 0.6 is 11.6 Å². The third-order valence-electron chi connectivity index (χ3n) is 7.20. The minimum atomic E-state index is 0.0166. The molecule has 0 saturated heterocycles. The van der Waals surface area contributed by atoms with E-state index in [4.69, 9.17) is 30.5 Å². The average molecular weight is 511 g/mol. The Morgan fingerprint density at radius 1 is 0.861 bits per heavy atom. The monoisotopic (exact) mass is 510 g/mol. The van der Waals surface area contributed by atoms with Gasteiger partial charge in [0.05, 0.1) is 42.0 Å². The summed E-state index contributed by atoms with van der Waals surface area (Å²) in [5.41, 5.74) is 4.15. The van der Waals surface area contributed by atoms with Crippen molar-refractivity contribution in [2.45, 2.75) is 18.9 Å². The number of likely N-dealkylation sites (N-methyl/N-ethyl adjacent to an activating group) is 1. The number of ketones is 1. The maximum atomic E-state index is 13.4. The van der Waals surface area contributed by atoms with E-state index in [1.165, 1.54) is 11.1 Å². The Bertz CT molecular complexity index is 1240. The molecule has 4 rings (SSSR count). The molecule has 3 aromatic rings. The van der Waals surface area contributed by atoms with Crippen LogP contribution in [0.15, 0.2) is 54.6 Å². The average Bonchev–Trinajstić information content (AvgIpc) is 2.89. The van der Waals surface area contributed by atoms with Crippen LogP contribution in [0.25, 0.3) is 0 Å². The number of fused-ring (bicyclic) bond motifs is 1. The van der Waals surface area contributed by atoms with Crippen LogP contribution in [0.1, 0.15) is 33.1 Å². The Morgan fingerprint density at radius 3 is 2.11 bits per heavy atom. The molecule has 190 valence electrons. The van der Waals surface area contributed by atoms with Gasteiger partial charge < -0.3 is 23.4 Å². The van der Waals surface area contributed by atoms with E-state index in [0.29, 0.717) is 45.3 Å². The van der Waals surface area contributed by atoms with E-state index in [1.54, 1.807) is 52.7 Å². The second-order valence-corrected chi connectivity index (χ2v) is 9.79. The molecule has 2 atom stereocenters. The van der Waals surface area contributed by atoms with Gasteiger partial charge in [0, 0.05) is 29.0 Å². The number of rotatable bonds is 9. The van der Waals surface area contributed by atoms with E-state index in [9.17, 15) is 4.79 Å². The number of carbonyl (C=O) groups is 1. The molecule has 1 aliphatic rings. The molecule has 6 nitrogen and oxygen atoms in total. The first kappa shape index (κ1) is 25.9. The molecule has 0 unspecified atom stereocenters. The summed E-state index contributed by atoms with van der Waals surface area (Å²) in [4.78, 5) is 13.4. The number of nitrogens with zero attached hydrogens (tertiary/aromatic N) is 1. The topological polar surface area (TPSA) is 54.0 Å². The predicted molar refractivity (Wildman–Crippen MR) is 141 cm³/mol.